The molecule has 19 heavy (non-hydrogen) atoms. The summed E-state index contributed by atoms with van der Waals surface area (Å²) in [6.45, 7) is 0.660. The fourth-order valence-corrected chi connectivity index (χ4v) is 2.42. The van der Waals surface area contributed by atoms with E-state index in [1.165, 1.54) is 11.0 Å². The van der Waals surface area contributed by atoms with Crippen LogP contribution in [0.3, 0.4) is 0 Å². The second-order valence-electron chi connectivity index (χ2n) is 4.86. The molecule has 0 N–H and O–H groups in total. The Morgan fingerprint density at radius 3 is 2.84 bits per heavy atom. The van der Waals surface area contributed by atoms with Crippen molar-refractivity contribution in [1.82, 2.24) is 4.90 Å². The number of amides is 1. The van der Waals surface area contributed by atoms with E-state index < -0.39 is 5.82 Å². The molecule has 1 heterocycles. The number of nitrogens with zero attached hydrogens (tertiary/aromatic N) is 3. The predicted molar refractivity (Wildman–Crippen MR) is 70.2 cm³/mol. The van der Waals surface area contributed by atoms with Gasteiger partial charge in [0.25, 0.3) is 0 Å². The number of likely N-dealkylation sites (N-methyl/N-ethyl adjacent to an activating group) is 1. The monoisotopic (exact) mass is 261 g/mol. The lowest BCUT2D eigenvalue weighted by molar-refractivity contribution is -0.129. The Morgan fingerprint density at radius 1 is 1.53 bits per heavy atom. The van der Waals surface area contributed by atoms with Crippen molar-refractivity contribution < 1.29 is 9.18 Å². The SMILES string of the molecule is CN(C)C(=O)C1CCCN1c1ccc(C#N)cc1F. The largest absolute Gasteiger partial charge is 0.357 e. The molecule has 0 saturated carbocycles. The van der Waals surface area contributed by atoms with Crippen molar-refractivity contribution in [3.8, 4) is 6.07 Å². The first-order chi connectivity index (χ1) is 9.04. The molecule has 100 valence electrons. The summed E-state index contributed by atoms with van der Waals surface area (Å²) >= 11 is 0. The van der Waals surface area contributed by atoms with Gasteiger partial charge >= 0.3 is 0 Å². The highest BCUT2D eigenvalue weighted by atomic mass is 19.1. The molecule has 2 rings (SSSR count). The quantitative estimate of drug-likeness (QED) is 0.815. The van der Waals surface area contributed by atoms with E-state index in [4.69, 9.17) is 5.26 Å². The van der Waals surface area contributed by atoms with Gasteiger partial charge in [0, 0.05) is 20.6 Å². The minimum atomic E-state index is -0.447. The molecule has 1 aromatic carbocycles. The van der Waals surface area contributed by atoms with Gasteiger partial charge in [-0.3, -0.25) is 4.79 Å². The van der Waals surface area contributed by atoms with E-state index in [0.717, 1.165) is 12.8 Å². The van der Waals surface area contributed by atoms with Gasteiger partial charge in [-0.2, -0.15) is 5.26 Å². The zero-order valence-corrected chi connectivity index (χ0v) is 11.1. The molecular formula is C14H16FN3O. The van der Waals surface area contributed by atoms with Gasteiger partial charge in [-0.05, 0) is 31.0 Å². The highest BCUT2D eigenvalue weighted by Crippen LogP contribution is 2.29. The molecule has 1 atom stereocenters. The van der Waals surface area contributed by atoms with Gasteiger partial charge in [-0.15, -0.1) is 0 Å². The minimum absolute atomic E-state index is 0.0127. The van der Waals surface area contributed by atoms with Crippen LogP contribution in [0.15, 0.2) is 18.2 Å². The molecule has 1 aromatic rings. The van der Waals surface area contributed by atoms with E-state index in [2.05, 4.69) is 0 Å². The second-order valence-corrected chi connectivity index (χ2v) is 4.86. The summed E-state index contributed by atoms with van der Waals surface area (Å²) in [4.78, 5) is 15.4. The zero-order valence-electron chi connectivity index (χ0n) is 11.1. The molecule has 1 aliphatic heterocycles. The molecule has 1 saturated heterocycles. The van der Waals surface area contributed by atoms with Crippen molar-refractivity contribution >= 4 is 11.6 Å². The van der Waals surface area contributed by atoms with Crippen molar-refractivity contribution in [3.05, 3.63) is 29.6 Å². The Morgan fingerprint density at radius 2 is 2.26 bits per heavy atom. The third kappa shape index (κ3) is 2.53. The normalized spacial score (nSPS) is 18.2. The zero-order chi connectivity index (χ0) is 14.0. The number of halogens is 1. The lowest BCUT2D eigenvalue weighted by Crippen LogP contribution is -2.43. The third-order valence-electron chi connectivity index (χ3n) is 3.36. The Balaban J connectivity index is 2.31. The van der Waals surface area contributed by atoms with Gasteiger partial charge in [0.1, 0.15) is 11.9 Å². The molecular weight excluding hydrogens is 245 g/mol. The molecule has 0 aliphatic carbocycles. The minimum Gasteiger partial charge on any atom is -0.357 e. The first kappa shape index (κ1) is 13.3. The van der Waals surface area contributed by atoms with E-state index in [9.17, 15) is 9.18 Å². The van der Waals surface area contributed by atoms with Crippen LogP contribution in [0.2, 0.25) is 0 Å². The summed E-state index contributed by atoms with van der Waals surface area (Å²) in [5.74, 6) is -0.459. The highest BCUT2D eigenvalue weighted by molar-refractivity contribution is 5.85. The summed E-state index contributed by atoms with van der Waals surface area (Å²) in [7, 11) is 3.40. The first-order valence-corrected chi connectivity index (χ1v) is 6.22. The number of carbonyl (C=O) groups is 1. The van der Waals surface area contributed by atoms with Crippen molar-refractivity contribution in [2.75, 3.05) is 25.5 Å². The summed E-state index contributed by atoms with van der Waals surface area (Å²) in [5, 5.41) is 8.74. The maximum Gasteiger partial charge on any atom is 0.244 e. The van der Waals surface area contributed by atoms with Gasteiger partial charge in [0.2, 0.25) is 5.91 Å². The molecule has 1 fully saturated rings. The molecule has 0 bridgehead atoms. The highest BCUT2D eigenvalue weighted by Gasteiger charge is 2.33. The Labute approximate surface area is 112 Å². The summed E-state index contributed by atoms with van der Waals surface area (Å²) in [5.41, 5.74) is 0.688. The van der Waals surface area contributed by atoms with Crippen LogP contribution in [0, 0.1) is 17.1 Å². The number of nitriles is 1. The van der Waals surface area contributed by atoms with E-state index >= 15 is 0 Å². The molecule has 1 aliphatic rings. The van der Waals surface area contributed by atoms with Crippen molar-refractivity contribution in [1.29, 1.82) is 5.26 Å². The summed E-state index contributed by atoms with van der Waals surface area (Å²) in [6.07, 6.45) is 1.60. The number of carbonyl (C=O) groups excluding carboxylic acids is 1. The van der Waals surface area contributed by atoms with E-state index in [1.807, 2.05) is 6.07 Å². The number of benzene rings is 1. The van der Waals surface area contributed by atoms with Crippen molar-refractivity contribution in [3.63, 3.8) is 0 Å². The van der Waals surface area contributed by atoms with Gasteiger partial charge in [-0.1, -0.05) is 0 Å². The summed E-state index contributed by atoms with van der Waals surface area (Å²) in [6, 6.07) is 5.97. The molecule has 4 nitrogen and oxygen atoms in total. The van der Waals surface area contributed by atoms with Crippen LogP contribution in [0.4, 0.5) is 10.1 Å². The van der Waals surface area contributed by atoms with E-state index in [-0.39, 0.29) is 17.5 Å². The molecule has 1 amide bonds. The summed E-state index contributed by atoms with van der Waals surface area (Å²) < 4.78 is 14.0. The number of rotatable bonds is 2. The second kappa shape index (κ2) is 5.27. The standard InChI is InChI=1S/C14H16FN3O/c1-17(2)14(19)13-4-3-7-18(13)12-6-5-10(9-16)8-11(12)15/h5-6,8,13H,3-4,7H2,1-2H3. The van der Waals surface area contributed by atoms with Crippen LogP contribution in [-0.4, -0.2) is 37.5 Å². The molecule has 0 spiro atoms. The van der Waals surface area contributed by atoms with Crippen LogP contribution in [0.1, 0.15) is 18.4 Å². The molecule has 1 unspecified atom stereocenters. The maximum atomic E-state index is 14.0. The Hall–Kier alpha value is -2.09. The van der Waals surface area contributed by atoms with Crippen LogP contribution < -0.4 is 4.90 Å². The predicted octanol–water partition coefficient (Wildman–Crippen LogP) is 1.75. The lowest BCUT2D eigenvalue weighted by atomic mass is 10.1. The van der Waals surface area contributed by atoms with Crippen LogP contribution in [-0.2, 0) is 4.79 Å². The molecule has 5 heteroatoms. The fraction of sp³-hybridized carbons (Fsp3) is 0.429. The Bertz CT molecular complexity index is 536. The van der Waals surface area contributed by atoms with Gasteiger partial charge < -0.3 is 9.80 Å². The van der Waals surface area contributed by atoms with Crippen LogP contribution >= 0.6 is 0 Å². The van der Waals surface area contributed by atoms with Gasteiger partial charge in [0.05, 0.1) is 17.3 Å². The fourth-order valence-electron chi connectivity index (χ4n) is 2.42. The maximum absolute atomic E-state index is 14.0. The smallest absolute Gasteiger partial charge is 0.244 e. The molecule has 0 radical (unpaired) electrons. The number of hydrogen-bond acceptors (Lipinski definition) is 3. The van der Waals surface area contributed by atoms with Crippen LogP contribution in [0.25, 0.3) is 0 Å². The van der Waals surface area contributed by atoms with Crippen molar-refractivity contribution in [2.45, 2.75) is 18.9 Å². The van der Waals surface area contributed by atoms with Crippen molar-refractivity contribution in [2.24, 2.45) is 0 Å². The average Bonchev–Trinajstić information content (AvgIpc) is 2.86. The lowest BCUT2D eigenvalue weighted by Gasteiger charge is -2.28. The Kier molecular flexibility index (Phi) is 3.70. The van der Waals surface area contributed by atoms with E-state index in [1.54, 1.807) is 31.1 Å². The van der Waals surface area contributed by atoms with E-state index in [0.29, 0.717) is 12.2 Å². The number of anilines is 1. The topological polar surface area (TPSA) is 47.3 Å². The third-order valence-corrected chi connectivity index (χ3v) is 3.36. The first-order valence-electron chi connectivity index (χ1n) is 6.22. The van der Waals surface area contributed by atoms with Gasteiger partial charge in [-0.25, -0.2) is 4.39 Å². The van der Waals surface area contributed by atoms with Crippen LogP contribution in [0.5, 0.6) is 0 Å². The molecule has 0 aromatic heterocycles. The van der Waals surface area contributed by atoms with Gasteiger partial charge in [0.15, 0.2) is 0 Å². The average molecular weight is 261 g/mol. The number of hydrogen-bond donors (Lipinski definition) is 0.